The lowest BCUT2D eigenvalue weighted by molar-refractivity contribution is -0.238. The molecule has 0 saturated carbocycles. The van der Waals surface area contributed by atoms with Crippen molar-refractivity contribution < 1.29 is 164 Å². The first-order valence-electron chi connectivity index (χ1n) is 44.5. The van der Waals surface area contributed by atoms with Crippen molar-refractivity contribution in [2.24, 2.45) is 5.73 Å². The zero-order chi connectivity index (χ0) is 93.9. The Morgan fingerprint density at radius 2 is 0.748 bits per heavy atom. The molecule has 6 bridgehead atoms. The highest BCUT2D eigenvalue weighted by Crippen LogP contribution is 2.40. The number of unbranched alkanes of at least 4 members (excludes halogenated alkanes) is 3. The number of aromatic nitrogens is 9. The fraction of sp³-hybridized carbons (Fsp3) is 0.852. The lowest BCUT2D eigenvalue weighted by Gasteiger charge is -2.42. The molecule has 6 saturated heterocycles. The Labute approximate surface area is 759 Å². The van der Waals surface area contributed by atoms with Gasteiger partial charge in [-0.05, 0) is 52.9 Å². The quantitative estimate of drug-likeness (QED) is 0.0234. The van der Waals surface area contributed by atoms with Gasteiger partial charge in [0, 0.05) is 40.3 Å². The van der Waals surface area contributed by atoms with Crippen molar-refractivity contribution in [1.29, 1.82) is 0 Å². The molecule has 6 amide bonds. The Morgan fingerprint density at radius 3 is 1.08 bits per heavy atom. The Bertz CT molecular complexity index is 3490. The molecule has 6 aliphatic rings. The van der Waals surface area contributed by atoms with Crippen LogP contribution >= 0.6 is 0 Å². The van der Waals surface area contributed by atoms with Gasteiger partial charge in [-0.3, -0.25) is 24.0 Å². The average molecular weight is 1880 g/mol. The Kier molecular flexibility index (Phi) is 46.4. The van der Waals surface area contributed by atoms with Gasteiger partial charge in [0.2, 0.25) is 29.5 Å². The molecule has 0 aromatic carbocycles. The highest BCUT2D eigenvalue weighted by atomic mass is 16.8. The van der Waals surface area contributed by atoms with Crippen LogP contribution in [0.2, 0.25) is 0 Å². The normalized spacial score (nSPS) is 25.7. The summed E-state index contributed by atoms with van der Waals surface area (Å²) in [6, 6.07) is -3.49. The molecule has 1 unspecified atom stereocenters. The van der Waals surface area contributed by atoms with E-state index in [2.05, 4.69) is 62.8 Å². The first-order chi connectivity index (χ1) is 63.1. The number of fused-ring (bicyclic) bond motifs is 6. The molecule has 131 heavy (non-hydrogen) atoms. The van der Waals surface area contributed by atoms with Crippen LogP contribution in [-0.2, 0) is 168 Å². The number of aliphatic hydroxyl groups excluding tert-OH is 6. The van der Waals surface area contributed by atoms with Gasteiger partial charge in [-0.15, -0.1) is 15.3 Å². The van der Waals surface area contributed by atoms with Crippen molar-refractivity contribution in [3.8, 4) is 0 Å². The predicted molar refractivity (Wildman–Crippen MR) is 447 cm³/mol. The summed E-state index contributed by atoms with van der Waals surface area (Å²) >= 11 is 0. The SMILES string of the molecule is CC(=O)N[C@H]1[C@H]2OC[C@](COCCOCCOCCOCCn3cc(COCC(COCc4cn(CCOCCOCCOCCOC[C@@]56CO[C@@H](O5)[C@H](NC(C)=O)[C@@H](O)[C@H]6O)nn4)(COCc4cn(CCOCCOCCOCCOC[C@@]56COC(O5)[C@H](NC(C)=O)[C@@H](O)[C@H]6O)nn4)NC(=O)CCCCCNC(=O)[C@@H](N)CCCCNC(=O)OC(C)(C)C)nn3)(O2)[C@H](O)[C@@H]1O. The summed E-state index contributed by atoms with van der Waals surface area (Å²) in [5, 5.41) is 107. The lowest BCUT2D eigenvalue weighted by atomic mass is 9.88. The molecular formula is C81H138N16O34. The average Bonchev–Trinajstić information content (AvgIpc) is 1.61. The van der Waals surface area contributed by atoms with Crippen molar-refractivity contribution in [3.63, 3.8) is 0 Å². The summed E-state index contributed by atoms with van der Waals surface area (Å²) in [7, 11) is 0. The van der Waals surface area contributed by atoms with Gasteiger partial charge >= 0.3 is 6.09 Å². The van der Waals surface area contributed by atoms with Crippen LogP contribution in [0.4, 0.5) is 4.79 Å². The number of ether oxygens (including phenoxy) is 22. The number of nitrogens with two attached hydrogens (primary N) is 1. The van der Waals surface area contributed by atoms with E-state index in [-0.39, 0.29) is 216 Å². The van der Waals surface area contributed by atoms with Gasteiger partial charge in [-0.2, -0.15) is 0 Å². The maximum atomic E-state index is 14.3. The molecule has 14 N–H and O–H groups in total. The predicted octanol–water partition coefficient (Wildman–Crippen LogP) is -5.78. The van der Waals surface area contributed by atoms with Gasteiger partial charge in [0.05, 0.1) is 262 Å². The molecule has 16 atom stereocenters. The van der Waals surface area contributed by atoms with Crippen molar-refractivity contribution in [2.45, 2.75) is 234 Å². The number of rotatable bonds is 70. The molecule has 0 aliphatic carbocycles. The number of carbonyl (C=O) groups excluding carboxylic acids is 6. The highest BCUT2D eigenvalue weighted by Gasteiger charge is 2.62. The summed E-state index contributed by atoms with van der Waals surface area (Å²) in [5.41, 5.74) is 1.82. The van der Waals surface area contributed by atoms with Crippen molar-refractivity contribution >= 4 is 35.6 Å². The zero-order valence-electron chi connectivity index (χ0n) is 75.8. The van der Waals surface area contributed by atoms with Gasteiger partial charge in [0.25, 0.3) is 0 Å². The third-order valence-electron chi connectivity index (χ3n) is 21.4. The largest absolute Gasteiger partial charge is 0.444 e. The molecule has 50 nitrogen and oxygen atoms in total. The van der Waals surface area contributed by atoms with E-state index >= 15 is 0 Å². The Hall–Kier alpha value is -7.08. The molecule has 0 radical (unpaired) electrons. The van der Waals surface area contributed by atoms with Gasteiger partial charge < -0.3 is 172 Å². The summed E-state index contributed by atoms with van der Waals surface area (Å²) < 4.78 is 132. The van der Waals surface area contributed by atoms with E-state index < -0.39 is 131 Å². The maximum Gasteiger partial charge on any atom is 0.407 e. The summed E-state index contributed by atoms with van der Waals surface area (Å²) in [6.45, 7) is 15.7. The number of amides is 6. The number of hydrogen-bond acceptors (Lipinski definition) is 41. The van der Waals surface area contributed by atoms with E-state index in [0.29, 0.717) is 108 Å². The molecule has 746 valence electrons. The molecule has 3 aromatic rings. The van der Waals surface area contributed by atoms with E-state index in [9.17, 15) is 59.4 Å². The second-order valence-electron chi connectivity index (χ2n) is 33.6. The Balaban J connectivity index is 0.712. The van der Waals surface area contributed by atoms with Gasteiger partial charge in [-0.1, -0.05) is 22.1 Å². The standard InChI is InChI=1S/C81H138N16O34/c1-55(98)85-63-66(102)69(105)79(52-125-73(63)128-79)49-119-37-34-116-31-28-113-25-22-110-19-16-95-40-58(89-92-95)43-122-46-78(88-62(101)13-8-7-10-14-83-72(108)61(82)12-9-11-15-84-76(109)131-77(4,5)6,47-123-44-59-41-96(93-90-59)17-20-111-23-26-114-29-32-117-35-38-120-50-80-53-126-74(129-80)64(86-56(2)99)67(103)70(80)106)48-124-45-60-42-97(94-91-60)18-21-112-24-27-115-30-33-118-36-39-121-51-81-54-127-75(130-81)65(87-57(3)100)68(104)71(81)107/h40-42,61,63-71,73-75,102-107H,7-39,43-54,82H2,1-6H3,(H,83,108)(H,84,109)(H,85,98)(H,86,99)(H,87,100)(H,88,101)/t61-,63+,64+,65+,66+,67+,68+,69+,70+,71+,73-,74-,75?,79-,80-,81-/m0/s1. The molecule has 3 aromatic heterocycles. The van der Waals surface area contributed by atoms with E-state index in [1.807, 2.05) is 0 Å². The topological polar surface area (TPSA) is 617 Å². The van der Waals surface area contributed by atoms with Crippen molar-refractivity contribution in [3.05, 3.63) is 35.7 Å². The van der Waals surface area contributed by atoms with E-state index in [4.69, 9.17) is 110 Å². The molecular weight excluding hydrogens is 1740 g/mol. The van der Waals surface area contributed by atoms with Crippen LogP contribution in [0.5, 0.6) is 0 Å². The third-order valence-corrected chi connectivity index (χ3v) is 21.4. The van der Waals surface area contributed by atoms with Crippen LogP contribution in [0, 0.1) is 0 Å². The van der Waals surface area contributed by atoms with Crippen LogP contribution in [0.25, 0.3) is 0 Å². The minimum atomic E-state index is -1.35. The zero-order valence-corrected chi connectivity index (χ0v) is 75.8. The molecule has 0 spiro atoms. The number of aliphatic hydroxyl groups is 6. The minimum absolute atomic E-state index is 0.0223. The minimum Gasteiger partial charge on any atom is -0.444 e. The fourth-order valence-corrected chi connectivity index (χ4v) is 14.6. The third kappa shape index (κ3) is 36.5. The number of alkyl carbamates (subject to hydrolysis) is 1. The number of hydrogen-bond donors (Lipinski definition) is 13. The first-order valence-corrected chi connectivity index (χ1v) is 44.5. The number of nitrogens with one attached hydrogen (secondary N) is 6. The molecule has 6 aliphatic heterocycles. The molecule has 6 fully saturated rings. The van der Waals surface area contributed by atoms with E-state index in [0.717, 1.165) is 0 Å². The lowest BCUT2D eigenvalue weighted by Crippen LogP contribution is -2.66. The maximum absolute atomic E-state index is 14.3. The van der Waals surface area contributed by atoms with E-state index in [1.165, 1.54) is 20.8 Å². The smallest absolute Gasteiger partial charge is 0.407 e. The van der Waals surface area contributed by atoms with Gasteiger partial charge in [-0.25, -0.2) is 18.8 Å². The Morgan fingerprint density at radius 1 is 0.435 bits per heavy atom. The summed E-state index contributed by atoms with van der Waals surface area (Å²) in [5.74, 6) is -1.82. The monoisotopic (exact) mass is 1880 g/mol. The van der Waals surface area contributed by atoms with Gasteiger partial charge in [0.15, 0.2) is 18.9 Å². The van der Waals surface area contributed by atoms with E-state index in [1.54, 1.807) is 53.4 Å². The highest BCUT2D eigenvalue weighted by molar-refractivity contribution is 5.81. The van der Waals surface area contributed by atoms with Crippen LogP contribution in [0.15, 0.2) is 18.6 Å². The molecule has 9 heterocycles. The molecule has 50 heteroatoms. The number of nitrogens with zero attached hydrogens (tertiary/aromatic N) is 9. The van der Waals surface area contributed by atoms with Crippen LogP contribution in [0.3, 0.4) is 0 Å². The molecule has 9 rings (SSSR count). The second-order valence-corrected chi connectivity index (χ2v) is 33.6. The summed E-state index contributed by atoms with van der Waals surface area (Å²) in [4.78, 5) is 74.1. The summed E-state index contributed by atoms with van der Waals surface area (Å²) in [6.07, 6.45) is -2.80. The second kappa shape index (κ2) is 56.4. The van der Waals surface area contributed by atoms with Gasteiger partial charge in [0.1, 0.15) is 99.8 Å². The fourth-order valence-electron chi connectivity index (χ4n) is 14.6. The van der Waals surface area contributed by atoms with Crippen LogP contribution in [0.1, 0.15) is 104 Å². The van der Waals surface area contributed by atoms with Crippen molar-refractivity contribution in [2.75, 3.05) is 211 Å². The first kappa shape index (κ1) is 108. The number of carbonyl (C=O) groups is 6. The van der Waals surface area contributed by atoms with Crippen LogP contribution < -0.4 is 37.6 Å². The van der Waals surface area contributed by atoms with Crippen LogP contribution in [-0.4, -0.2) is 430 Å². The van der Waals surface area contributed by atoms with Crippen molar-refractivity contribution in [1.82, 2.24) is 76.9 Å².